The Morgan fingerprint density at radius 1 is 1.11 bits per heavy atom. The number of ether oxygens (including phenoxy) is 3. The number of amides is 2. The van der Waals surface area contributed by atoms with E-state index in [0.29, 0.717) is 39.0 Å². The number of carbonyl (C=O) groups excluding carboxylic acids is 3. The van der Waals surface area contributed by atoms with Crippen LogP contribution in [0, 0.1) is 11.3 Å². The number of methoxy groups -OCH3 is 1. The first kappa shape index (κ1) is 27.0. The summed E-state index contributed by atoms with van der Waals surface area (Å²) in [5, 5.41) is 8.18. The average Bonchev–Trinajstić information content (AvgIpc) is 3.13. The molecule has 12 nitrogen and oxygen atoms in total. The van der Waals surface area contributed by atoms with Crippen LogP contribution in [0.3, 0.4) is 0 Å². The predicted molar refractivity (Wildman–Crippen MR) is 128 cm³/mol. The van der Waals surface area contributed by atoms with Gasteiger partial charge >= 0.3 is 18.2 Å². The topological polar surface area (TPSA) is 142 Å². The molecule has 0 aromatic rings. The summed E-state index contributed by atoms with van der Waals surface area (Å²) in [6.07, 6.45) is 0.148. The molecule has 3 rings (SSSR count). The van der Waals surface area contributed by atoms with Gasteiger partial charge in [0.1, 0.15) is 17.5 Å². The molecule has 3 aliphatic rings. The van der Waals surface area contributed by atoms with Gasteiger partial charge in [0.05, 0.1) is 26.2 Å². The van der Waals surface area contributed by atoms with Gasteiger partial charge in [0.25, 0.3) is 0 Å². The number of nitrogens with one attached hydrogen (secondary N) is 1. The number of amidine groups is 1. The Balaban J connectivity index is 1.50. The Labute approximate surface area is 207 Å². The number of piperazine rings is 1. The van der Waals surface area contributed by atoms with Gasteiger partial charge in [-0.25, -0.2) is 9.59 Å². The maximum atomic E-state index is 12.7. The minimum Gasteiger partial charge on any atom is -0.468 e. The van der Waals surface area contributed by atoms with Crippen molar-refractivity contribution in [3.05, 3.63) is 0 Å². The highest BCUT2D eigenvalue weighted by molar-refractivity contribution is 5.87. The van der Waals surface area contributed by atoms with E-state index in [1.165, 1.54) is 7.11 Å². The minimum absolute atomic E-state index is 0.0284. The van der Waals surface area contributed by atoms with Gasteiger partial charge in [-0.3, -0.25) is 24.9 Å². The molecule has 3 heterocycles. The van der Waals surface area contributed by atoms with Gasteiger partial charge in [-0.2, -0.15) is 0 Å². The zero-order chi connectivity index (χ0) is 25.8. The van der Waals surface area contributed by atoms with Crippen molar-refractivity contribution >= 4 is 24.0 Å². The third-order valence-electron chi connectivity index (χ3n) is 6.70. The second kappa shape index (κ2) is 11.4. The molecule has 3 aliphatic heterocycles. The Bertz CT molecular complexity index is 786. The van der Waals surface area contributed by atoms with Crippen LogP contribution in [0.15, 0.2) is 0 Å². The number of piperidine rings is 1. The quantitative estimate of drug-likeness (QED) is 0.224. The van der Waals surface area contributed by atoms with Crippen molar-refractivity contribution in [2.45, 2.75) is 51.4 Å². The van der Waals surface area contributed by atoms with Gasteiger partial charge in [0.2, 0.25) is 0 Å². The lowest BCUT2D eigenvalue weighted by Gasteiger charge is -2.38. The van der Waals surface area contributed by atoms with Crippen LogP contribution in [0.1, 0.15) is 33.6 Å². The molecule has 0 bridgehead atoms. The lowest BCUT2D eigenvalue weighted by Crippen LogP contribution is -2.53. The number of cyclic esters (lactones) is 1. The first-order chi connectivity index (χ1) is 16.5. The summed E-state index contributed by atoms with van der Waals surface area (Å²) < 4.78 is 15.8. The van der Waals surface area contributed by atoms with Crippen LogP contribution >= 0.6 is 0 Å². The van der Waals surface area contributed by atoms with Gasteiger partial charge in [0, 0.05) is 45.8 Å². The molecule has 0 spiro atoms. The molecule has 3 saturated heterocycles. The van der Waals surface area contributed by atoms with Gasteiger partial charge in [-0.15, -0.1) is 0 Å². The smallest absolute Gasteiger partial charge is 0.410 e. The van der Waals surface area contributed by atoms with Crippen molar-refractivity contribution in [2.24, 2.45) is 11.7 Å². The van der Waals surface area contributed by atoms with Crippen LogP contribution in [-0.2, 0) is 19.0 Å². The summed E-state index contributed by atoms with van der Waals surface area (Å²) >= 11 is 0. The Kier molecular flexibility index (Phi) is 8.81. The number of hydrogen-bond acceptors (Lipinski definition) is 9. The monoisotopic (exact) mass is 496 g/mol. The van der Waals surface area contributed by atoms with E-state index in [0.717, 1.165) is 26.2 Å². The molecule has 0 saturated carbocycles. The fraction of sp³-hybridized carbons (Fsp3) is 0.826. The first-order valence-corrected chi connectivity index (χ1v) is 12.3. The lowest BCUT2D eigenvalue weighted by atomic mass is 9.88. The Morgan fingerprint density at radius 3 is 2.26 bits per heavy atom. The minimum atomic E-state index is -0.557. The molecule has 0 radical (unpaired) electrons. The van der Waals surface area contributed by atoms with E-state index in [4.69, 9.17) is 25.4 Å². The van der Waals surface area contributed by atoms with E-state index in [9.17, 15) is 14.4 Å². The first-order valence-electron chi connectivity index (χ1n) is 12.3. The molecule has 3 N–H and O–H groups in total. The number of likely N-dealkylation sites (tertiary alicyclic amines) is 1. The summed E-state index contributed by atoms with van der Waals surface area (Å²) in [5.41, 5.74) is 5.40. The standard InChI is InChI=1S/C23H40N6O6/c1-23(2,3)35-21(31)28-7-5-16(6-8-28)19(20(24)25)29-14-17(34-22(29)32)13-26-9-11-27(12-10-26)15-18(30)33-4/h16-17,19H,5-15H2,1-4H3,(H3,24,25). The molecular weight excluding hydrogens is 456 g/mol. The second-order valence-electron chi connectivity index (χ2n) is 10.5. The molecule has 2 unspecified atom stereocenters. The van der Waals surface area contributed by atoms with Crippen LogP contribution < -0.4 is 5.73 Å². The van der Waals surface area contributed by atoms with Crippen molar-refractivity contribution < 1.29 is 28.6 Å². The van der Waals surface area contributed by atoms with Gasteiger partial charge in [-0.05, 0) is 39.5 Å². The highest BCUT2D eigenvalue weighted by Crippen LogP contribution is 2.28. The normalized spacial score (nSPS) is 23.7. The van der Waals surface area contributed by atoms with Crippen LogP contribution in [0.25, 0.3) is 0 Å². The van der Waals surface area contributed by atoms with E-state index in [-0.39, 0.29) is 36.5 Å². The van der Waals surface area contributed by atoms with Gasteiger partial charge < -0.3 is 24.8 Å². The summed E-state index contributed by atoms with van der Waals surface area (Å²) in [6.45, 7) is 10.8. The molecule has 2 atom stereocenters. The van der Waals surface area contributed by atoms with Gasteiger partial charge in [-0.1, -0.05) is 0 Å². The third-order valence-corrected chi connectivity index (χ3v) is 6.70. The Morgan fingerprint density at radius 2 is 1.71 bits per heavy atom. The van der Waals surface area contributed by atoms with Crippen molar-refractivity contribution in [3.8, 4) is 0 Å². The molecule has 0 aromatic carbocycles. The van der Waals surface area contributed by atoms with Crippen molar-refractivity contribution in [1.29, 1.82) is 5.41 Å². The van der Waals surface area contributed by atoms with Crippen LogP contribution in [0.2, 0.25) is 0 Å². The van der Waals surface area contributed by atoms with E-state index >= 15 is 0 Å². The zero-order valence-corrected chi connectivity index (χ0v) is 21.3. The van der Waals surface area contributed by atoms with E-state index < -0.39 is 17.7 Å². The maximum Gasteiger partial charge on any atom is 0.410 e. The highest BCUT2D eigenvalue weighted by Gasteiger charge is 2.43. The molecular formula is C23H40N6O6. The number of hydrogen-bond donors (Lipinski definition) is 2. The van der Waals surface area contributed by atoms with E-state index in [1.54, 1.807) is 9.80 Å². The van der Waals surface area contributed by atoms with Crippen molar-refractivity contribution in [3.63, 3.8) is 0 Å². The molecule has 0 aromatic heterocycles. The number of esters is 1. The second-order valence-corrected chi connectivity index (χ2v) is 10.5. The molecule has 2 amide bonds. The summed E-state index contributed by atoms with van der Waals surface area (Å²) in [6, 6.07) is -0.551. The SMILES string of the molecule is COC(=O)CN1CCN(CC2CN(C(C(=N)N)C3CCN(C(=O)OC(C)(C)C)CC3)C(=O)O2)CC1. The molecule has 3 fully saturated rings. The fourth-order valence-electron chi connectivity index (χ4n) is 4.93. The number of nitrogens with zero attached hydrogens (tertiary/aromatic N) is 4. The van der Waals surface area contributed by atoms with Crippen molar-refractivity contribution in [2.75, 3.05) is 66.0 Å². The van der Waals surface area contributed by atoms with Crippen LogP contribution in [0.4, 0.5) is 9.59 Å². The average molecular weight is 497 g/mol. The van der Waals surface area contributed by atoms with Crippen LogP contribution in [-0.4, -0.2) is 127 Å². The predicted octanol–water partition coefficient (Wildman–Crippen LogP) is 0.549. The maximum absolute atomic E-state index is 12.7. The summed E-state index contributed by atoms with van der Waals surface area (Å²) in [7, 11) is 1.39. The van der Waals surface area contributed by atoms with E-state index in [2.05, 4.69) is 4.90 Å². The third kappa shape index (κ3) is 7.44. The highest BCUT2D eigenvalue weighted by atomic mass is 16.6. The number of nitrogens with two attached hydrogens (primary N) is 1. The molecule has 0 aliphatic carbocycles. The molecule has 35 heavy (non-hydrogen) atoms. The lowest BCUT2D eigenvalue weighted by molar-refractivity contribution is -0.142. The van der Waals surface area contributed by atoms with Crippen molar-refractivity contribution in [1.82, 2.24) is 19.6 Å². The van der Waals surface area contributed by atoms with Gasteiger partial charge in [0.15, 0.2) is 0 Å². The summed E-state index contributed by atoms with van der Waals surface area (Å²) in [4.78, 5) is 44.1. The molecule has 12 heteroatoms. The largest absolute Gasteiger partial charge is 0.468 e. The Hall–Kier alpha value is -2.60. The molecule has 198 valence electrons. The number of rotatable bonds is 7. The van der Waals surface area contributed by atoms with Crippen LogP contribution in [0.5, 0.6) is 0 Å². The number of carbonyl (C=O) groups is 3. The zero-order valence-electron chi connectivity index (χ0n) is 21.3. The summed E-state index contributed by atoms with van der Waals surface area (Å²) in [5.74, 6) is -0.333. The van der Waals surface area contributed by atoms with E-state index in [1.807, 2.05) is 25.7 Å². The fourth-order valence-corrected chi connectivity index (χ4v) is 4.93.